The van der Waals surface area contributed by atoms with Gasteiger partial charge in [0.05, 0.1) is 0 Å². The smallest absolute Gasteiger partial charge is 0.312 e. The van der Waals surface area contributed by atoms with E-state index in [0.717, 1.165) is 6.42 Å². The van der Waals surface area contributed by atoms with Gasteiger partial charge in [-0.05, 0) is 13.3 Å². The van der Waals surface area contributed by atoms with Crippen LogP contribution in [0, 0.1) is 0 Å². The van der Waals surface area contributed by atoms with Crippen LogP contribution in [0.4, 0.5) is 0 Å². The zero-order valence-electron chi connectivity index (χ0n) is 8.83. The van der Waals surface area contributed by atoms with Crippen molar-refractivity contribution in [3.05, 3.63) is 0 Å². The lowest BCUT2D eigenvalue weighted by Gasteiger charge is -2.21. The van der Waals surface area contributed by atoms with Crippen LogP contribution in [0.5, 0.6) is 0 Å². The molecule has 0 saturated heterocycles. The molecular weight excluding hydrogens is 168 g/mol. The highest BCUT2D eigenvalue weighted by atomic mass is 16.2. The molecule has 0 rings (SSSR count). The Morgan fingerprint density at radius 2 is 1.62 bits per heavy atom. The van der Waals surface area contributed by atoms with E-state index >= 15 is 0 Å². The molecular formula is C9H18N2O2. The molecule has 0 saturated carbocycles. The van der Waals surface area contributed by atoms with Crippen molar-refractivity contribution in [2.45, 2.75) is 20.3 Å². The quantitative estimate of drug-likeness (QED) is 0.596. The summed E-state index contributed by atoms with van der Waals surface area (Å²) in [7, 11) is 3.17. The Morgan fingerprint density at radius 1 is 1.08 bits per heavy atom. The minimum absolute atomic E-state index is 0.408. The van der Waals surface area contributed by atoms with Crippen LogP contribution < -0.4 is 0 Å². The first kappa shape index (κ1) is 11.9. The van der Waals surface area contributed by atoms with E-state index in [-0.39, 0.29) is 0 Å². The molecule has 0 aliphatic rings. The van der Waals surface area contributed by atoms with E-state index in [0.29, 0.717) is 13.1 Å². The molecule has 0 aromatic carbocycles. The maximum Gasteiger partial charge on any atom is 0.312 e. The molecule has 0 aliphatic heterocycles. The van der Waals surface area contributed by atoms with E-state index in [9.17, 15) is 9.59 Å². The summed E-state index contributed by atoms with van der Waals surface area (Å²) in [6.45, 7) is 5.09. The third-order valence-corrected chi connectivity index (χ3v) is 1.75. The zero-order valence-corrected chi connectivity index (χ0v) is 8.83. The molecule has 0 fully saturated rings. The fourth-order valence-corrected chi connectivity index (χ4v) is 1.000. The first-order chi connectivity index (χ1) is 6.04. The highest BCUT2D eigenvalue weighted by Gasteiger charge is 2.20. The van der Waals surface area contributed by atoms with Gasteiger partial charge in [0.2, 0.25) is 0 Å². The van der Waals surface area contributed by atoms with Gasteiger partial charge >= 0.3 is 11.8 Å². The third kappa shape index (κ3) is 3.44. The monoisotopic (exact) mass is 186 g/mol. The number of hydrogen-bond acceptors (Lipinski definition) is 2. The van der Waals surface area contributed by atoms with E-state index in [2.05, 4.69) is 0 Å². The van der Waals surface area contributed by atoms with Gasteiger partial charge in [0.15, 0.2) is 0 Å². The molecule has 13 heavy (non-hydrogen) atoms. The van der Waals surface area contributed by atoms with Gasteiger partial charge in [0, 0.05) is 27.2 Å². The van der Waals surface area contributed by atoms with Crippen molar-refractivity contribution in [2.24, 2.45) is 0 Å². The van der Waals surface area contributed by atoms with Crippen molar-refractivity contribution in [2.75, 3.05) is 27.2 Å². The van der Waals surface area contributed by atoms with E-state index in [1.807, 2.05) is 13.8 Å². The summed E-state index contributed by atoms with van der Waals surface area (Å²) in [5.41, 5.74) is 0. The molecule has 0 aliphatic carbocycles. The Labute approximate surface area is 79.5 Å². The Bertz CT molecular complexity index is 190. The molecule has 0 aromatic rings. The summed E-state index contributed by atoms with van der Waals surface area (Å²) in [5.74, 6) is -0.857. The van der Waals surface area contributed by atoms with Crippen molar-refractivity contribution in [1.82, 2.24) is 9.80 Å². The minimum atomic E-state index is -0.449. The van der Waals surface area contributed by atoms with E-state index < -0.39 is 11.8 Å². The van der Waals surface area contributed by atoms with Crippen LogP contribution in [0.25, 0.3) is 0 Å². The number of hydrogen-bond donors (Lipinski definition) is 0. The first-order valence-electron chi connectivity index (χ1n) is 4.55. The topological polar surface area (TPSA) is 40.6 Å². The second kappa shape index (κ2) is 5.56. The molecule has 0 radical (unpaired) electrons. The molecule has 0 spiro atoms. The summed E-state index contributed by atoms with van der Waals surface area (Å²) in [4.78, 5) is 25.6. The van der Waals surface area contributed by atoms with Crippen LogP contribution in [0.3, 0.4) is 0 Å². The summed E-state index contributed by atoms with van der Waals surface area (Å²) in [5, 5.41) is 0. The lowest BCUT2D eigenvalue weighted by molar-refractivity contribution is -0.150. The van der Waals surface area contributed by atoms with E-state index in [4.69, 9.17) is 0 Å². The van der Waals surface area contributed by atoms with Crippen LogP contribution in [0.2, 0.25) is 0 Å². The summed E-state index contributed by atoms with van der Waals surface area (Å²) < 4.78 is 0. The van der Waals surface area contributed by atoms with Gasteiger partial charge in [0.25, 0.3) is 0 Å². The highest BCUT2D eigenvalue weighted by molar-refractivity contribution is 6.34. The van der Waals surface area contributed by atoms with E-state index in [1.54, 1.807) is 19.0 Å². The lowest BCUT2D eigenvalue weighted by Crippen LogP contribution is -2.42. The summed E-state index contributed by atoms with van der Waals surface area (Å²) in [6, 6.07) is 0. The first-order valence-corrected chi connectivity index (χ1v) is 4.55. The third-order valence-electron chi connectivity index (χ3n) is 1.75. The lowest BCUT2D eigenvalue weighted by atomic mass is 10.3. The molecule has 0 bridgehead atoms. The summed E-state index contributed by atoms with van der Waals surface area (Å²) in [6.07, 6.45) is 0.875. The van der Waals surface area contributed by atoms with Crippen molar-refractivity contribution in [1.29, 1.82) is 0 Å². The maximum atomic E-state index is 11.4. The Morgan fingerprint density at radius 3 is 1.92 bits per heavy atom. The SMILES string of the molecule is CCCN(CC)C(=O)C(=O)N(C)C. The van der Waals surface area contributed by atoms with Crippen LogP contribution in [0.15, 0.2) is 0 Å². The predicted molar refractivity (Wildman–Crippen MR) is 51.2 cm³/mol. The molecule has 0 heterocycles. The summed E-state index contributed by atoms with van der Waals surface area (Å²) >= 11 is 0. The standard InChI is InChI=1S/C9H18N2O2/c1-5-7-11(6-2)9(13)8(12)10(3)4/h5-7H2,1-4H3. The van der Waals surface area contributed by atoms with Gasteiger partial charge in [-0.1, -0.05) is 6.92 Å². The number of nitrogens with zero attached hydrogens (tertiary/aromatic N) is 2. The van der Waals surface area contributed by atoms with Crippen molar-refractivity contribution < 1.29 is 9.59 Å². The minimum Gasteiger partial charge on any atom is -0.341 e. The number of carbonyl (C=O) groups is 2. The Hall–Kier alpha value is -1.06. The fraction of sp³-hybridized carbons (Fsp3) is 0.778. The maximum absolute atomic E-state index is 11.4. The molecule has 0 N–H and O–H groups in total. The largest absolute Gasteiger partial charge is 0.341 e. The average molecular weight is 186 g/mol. The Balaban J connectivity index is 4.28. The molecule has 0 aromatic heterocycles. The van der Waals surface area contributed by atoms with Gasteiger partial charge in [0.1, 0.15) is 0 Å². The average Bonchev–Trinajstić information content (AvgIpc) is 2.11. The second-order valence-corrected chi connectivity index (χ2v) is 3.08. The molecule has 4 nitrogen and oxygen atoms in total. The molecule has 0 atom stereocenters. The fourth-order valence-electron chi connectivity index (χ4n) is 1.000. The normalized spacial score (nSPS) is 9.54. The molecule has 4 heteroatoms. The molecule has 2 amide bonds. The van der Waals surface area contributed by atoms with Crippen LogP contribution in [0.1, 0.15) is 20.3 Å². The van der Waals surface area contributed by atoms with Crippen molar-refractivity contribution in [3.8, 4) is 0 Å². The van der Waals surface area contributed by atoms with Gasteiger partial charge < -0.3 is 9.80 Å². The highest BCUT2D eigenvalue weighted by Crippen LogP contribution is 1.94. The molecule has 76 valence electrons. The van der Waals surface area contributed by atoms with Gasteiger partial charge in [-0.15, -0.1) is 0 Å². The molecule has 0 unspecified atom stereocenters. The number of likely N-dealkylation sites (N-methyl/N-ethyl adjacent to an activating group) is 2. The van der Waals surface area contributed by atoms with Crippen molar-refractivity contribution in [3.63, 3.8) is 0 Å². The predicted octanol–water partition coefficient (Wildman–Crippen LogP) is 0.333. The van der Waals surface area contributed by atoms with Gasteiger partial charge in [-0.3, -0.25) is 9.59 Å². The van der Waals surface area contributed by atoms with Crippen LogP contribution in [-0.2, 0) is 9.59 Å². The van der Waals surface area contributed by atoms with E-state index in [1.165, 1.54) is 4.90 Å². The zero-order chi connectivity index (χ0) is 10.4. The second-order valence-electron chi connectivity index (χ2n) is 3.08. The van der Waals surface area contributed by atoms with Gasteiger partial charge in [-0.25, -0.2) is 0 Å². The number of rotatable bonds is 3. The van der Waals surface area contributed by atoms with Gasteiger partial charge in [-0.2, -0.15) is 0 Å². The van der Waals surface area contributed by atoms with Crippen molar-refractivity contribution >= 4 is 11.8 Å². The number of carbonyl (C=O) groups excluding carboxylic acids is 2. The Kier molecular flexibility index (Phi) is 5.11. The number of amides is 2. The van der Waals surface area contributed by atoms with Crippen LogP contribution in [-0.4, -0.2) is 48.8 Å². The van der Waals surface area contributed by atoms with Crippen LogP contribution >= 0.6 is 0 Å².